The van der Waals surface area contributed by atoms with Crippen molar-refractivity contribution in [2.75, 3.05) is 0 Å². The Labute approximate surface area is 136 Å². The van der Waals surface area contributed by atoms with Gasteiger partial charge in [-0.1, -0.05) is 82.0 Å². The minimum atomic E-state index is -0.679. The van der Waals surface area contributed by atoms with Gasteiger partial charge in [-0.2, -0.15) is 0 Å². The first-order valence-electron chi connectivity index (χ1n) is 9.57. The van der Waals surface area contributed by atoms with Crippen LogP contribution in [0.3, 0.4) is 0 Å². The molecule has 2 aliphatic carbocycles. The molecule has 21 heavy (non-hydrogen) atoms. The highest BCUT2D eigenvalue weighted by Gasteiger charge is 2.23. The van der Waals surface area contributed by atoms with Crippen LogP contribution in [0.4, 0.5) is 0 Å². The molecule has 2 aliphatic rings. The molecule has 2 atom stereocenters. The Morgan fingerprint density at radius 3 is 1.38 bits per heavy atom. The van der Waals surface area contributed by atoms with Crippen LogP contribution in [-0.2, 0) is 0 Å². The van der Waals surface area contributed by atoms with E-state index in [0.717, 1.165) is 11.8 Å². The second kappa shape index (κ2) is 9.83. The van der Waals surface area contributed by atoms with Gasteiger partial charge in [-0.15, -0.1) is 24.6 Å². The van der Waals surface area contributed by atoms with Gasteiger partial charge in [0, 0.05) is 0 Å². The van der Waals surface area contributed by atoms with Gasteiger partial charge >= 0.3 is 0 Å². The predicted molar refractivity (Wildman–Crippen MR) is 102 cm³/mol. The van der Waals surface area contributed by atoms with Crippen LogP contribution in [-0.4, -0.2) is 17.6 Å². The van der Waals surface area contributed by atoms with Gasteiger partial charge in [0.1, 0.15) is 0 Å². The molecule has 0 heterocycles. The molecule has 0 spiro atoms. The Hall–Kier alpha value is -0.0862. The minimum Gasteiger partial charge on any atom is -0.107 e. The van der Waals surface area contributed by atoms with Gasteiger partial charge in [0.25, 0.3) is 0 Å². The molecule has 0 aliphatic heterocycles. The van der Waals surface area contributed by atoms with Crippen molar-refractivity contribution < 1.29 is 0 Å². The molecule has 0 aromatic carbocycles. The number of hydrogen-bond donors (Lipinski definition) is 0. The summed E-state index contributed by atoms with van der Waals surface area (Å²) in [6.45, 7) is 8.42. The molecule has 0 aromatic rings. The molecule has 0 aromatic heterocycles. The number of hydrogen-bond acceptors (Lipinski definition) is 0. The van der Waals surface area contributed by atoms with E-state index in [1.54, 1.807) is 17.8 Å². The molecule has 2 saturated carbocycles. The molecule has 2 unspecified atom stereocenters. The van der Waals surface area contributed by atoms with Gasteiger partial charge in [0.15, 0.2) is 0 Å². The molecular formula is C19H36Si2. The Morgan fingerprint density at radius 1 is 0.667 bits per heavy atom. The average molecular weight is 321 g/mol. The van der Waals surface area contributed by atoms with Crippen molar-refractivity contribution in [2.45, 2.75) is 82.0 Å². The molecule has 0 N–H and O–H groups in total. The number of rotatable bonds is 8. The van der Waals surface area contributed by atoms with E-state index < -0.39 is 17.6 Å². The van der Waals surface area contributed by atoms with E-state index in [0.29, 0.717) is 0 Å². The van der Waals surface area contributed by atoms with Crippen molar-refractivity contribution in [1.29, 1.82) is 0 Å². The second-order valence-corrected chi connectivity index (χ2v) is 14.5. The Bertz CT molecular complexity index is 271. The lowest BCUT2D eigenvalue weighted by Gasteiger charge is -2.28. The summed E-state index contributed by atoms with van der Waals surface area (Å²) in [5.41, 5.74) is 6.41. The van der Waals surface area contributed by atoms with Crippen LogP contribution in [0.1, 0.15) is 64.2 Å². The maximum Gasteiger partial charge on any atom is 0.0584 e. The van der Waals surface area contributed by atoms with Gasteiger partial charge in [-0.25, -0.2) is 0 Å². The van der Waals surface area contributed by atoms with Crippen LogP contribution < -0.4 is 0 Å². The summed E-state index contributed by atoms with van der Waals surface area (Å²) in [6, 6.07) is 3.12. The van der Waals surface area contributed by atoms with Crippen molar-refractivity contribution in [3.8, 4) is 0 Å². The van der Waals surface area contributed by atoms with Gasteiger partial charge in [0.2, 0.25) is 0 Å². The maximum absolute atomic E-state index is 4.21. The van der Waals surface area contributed by atoms with E-state index in [2.05, 4.69) is 24.6 Å². The highest BCUT2D eigenvalue weighted by molar-refractivity contribution is 6.82. The molecule has 0 bridgehead atoms. The molecule has 120 valence electrons. The standard InChI is InChI=1S/C19H36Si2/c1-3-20(15-18-11-7-5-8-12-18)17-21(4-2)16-19-13-9-6-10-14-19/h3-4,18-21H,1-2,5-17H2. The Morgan fingerprint density at radius 2 is 1.05 bits per heavy atom. The maximum atomic E-state index is 4.21. The SMILES string of the molecule is C=C[SiH](CC1CCCCC1)C[SiH](C=C)CC1CCCCC1. The summed E-state index contributed by atoms with van der Waals surface area (Å²) < 4.78 is 0. The fourth-order valence-electron chi connectivity index (χ4n) is 4.67. The third-order valence-corrected chi connectivity index (χ3v) is 14.7. The van der Waals surface area contributed by atoms with E-state index in [1.807, 2.05) is 0 Å². The first-order valence-corrected chi connectivity index (χ1v) is 14.2. The highest BCUT2D eigenvalue weighted by atomic mass is 28.3. The largest absolute Gasteiger partial charge is 0.107 e. The summed E-state index contributed by atoms with van der Waals surface area (Å²) in [4.78, 5) is 0. The van der Waals surface area contributed by atoms with Crippen molar-refractivity contribution in [3.63, 3.8) is 0 Å². The van der Waals surface area contributed by atoms with E-state index >= 15 is 0 Å². The molecular weight excluding hydrogens is 284 g/mol. The third-order valence-electron chi connectivity index (χ3n) is 5.99. The van der Waals surface area contributed by atoms with Gasteiger partial charge in [-0.3, -0.25) is 0 Å². The quantitative estimate of drug-likeness (QED) is 0.511. The van der Waals surface area contributed by atoms with E-state index in [9.17, 15) is 0 Å². The van der Waals surface area contributed by atoms with Crippen LogP contribution in [0.2, 0.25) is 17.8 Å². The summed E-state index contributed by atoms with van der Waals surface area (Å²) >= 11 is 0. The normalized spacial score (nSPS) is 24.4. The average Bonchev–Trinajstić information content (AvgIpc) is 2.55. The van der Waals surface area contributed by atoms with Gasteiger partial charge in [-0.05, 0) is 11.8 Å². The topological polar surface area (TPSA) is 0 Å². The summed E-state index contributed by atoms with van der Waals surface area (Å²) in [5.74, 6) is 2.12. The van der Waals surface area contributed by atoms with Crippen molar-refractivity contribution in [1.82, 2.24) is 0 Å². The first kappa shape index (κ1) is 17.3. The lowest BCUT2D eigenvalue weighted by atomic mass is 9.91. The van der Waals surface area contributed by atoms with Crippen LogP contribution in [0, 0.1) is 11.8 Å². The Balaban J connectivity index is 1.76. The Kier molecular flexibility index (Phi) is 8.09. The molecule has 2 heteroatoms. The van der Waals surface area contributed by atoms with E-state index in [-0.39, 0.29) is 0 Å². The van der Waals surface area contributed by atoms with Crippen LogP contribution in [0.25, 0.3) is 0 Å². The van der Waals surface area contributed by atoms with Gasteiger partial charge in [0.05, 0.1) is 17.6 Å². The van der Waals surface area contributed by atoms with Crippen molar-refractivity contribution in [2.24, 2.45) is 11.8 Å². The van der Waals surface area contributed by atoms with Crippen LogP contribution in [0.15, 0.2) is 24.6 Å². The van der Waals surface area contributed by atoms with Crippen LogP contribution in [0.5, 0.6) is 0 Å². The van der Waals surface area contributed by atoms with Crippen molar-refractivity contribution >= 4 is 17.6 Å². The lowest BCUT2D eigenvalue weighted by Crippen LogP contribution is -2.26. The zero-order valence-electron chi connectivity index (χ0n) is 14.1. The molecule has 0 amide bonds. The molecule has 0 nitrogen and oxygen atoms in total. The third kappa shape index (κ3) is 6.27. The first-order chi connectivity index (χ1) is 10.3. The zero-order valence-corrected chi connectivity index (χ0v) is 16.4. The van der Waals surface area contributed by atoms with E-state index in [1.165, 1.54) is 64.2 Å². The smallest absolute Gasteiger partial charge is 0.0584 e. The second-order valence-electron chi connectivity index (χ2n) is 7.71. The lowest BCUT2D eigenvalue weighted by molar-refractivity contribution is 0.382. The highest BCUT2D eigenvalue weighted by Crippen LogP contribution is 2.31. The molecule has 0 saturated heterocycles. The van der Waals surface area contributed by atoms with Crippen LogP contribution >= 0.6 is 0 Å². The molecule has 2 rings (SSSR count). The molecule has 0 radical (unpaired) electrons. The minimum absolute atomic E-state index is 0.679. The zero-order chi connectivity index (χ0) is 14.9. The van der Waals surface area contributed by atoms with Gasteiger partial charge < -0.3 is 0 Å². The summed E-state index contributed by atoms with van der Waals surface area (Å²) in [7, 11) is -1.36. The fourth-order valence-corrected chi connectivity index (χ4v) is 13.9. The van der Waals surface area contributed by atoms with E-state index in [4.69, 9.17) is 0 Å². The fraction of sp³-hybridized carbons (Fsp3) is 0.789. The summed E-state index contributed by atoms with van der Waals surface area (Å²) in [6.07, 6.45) is 15.0. The molecule has 2 fully saturated rings. The summed E-state index contributed by atoms with van der Waals surface area (Å²) in [5, 5.41) is 0. The predicted octanol–water partition coefficient (Wildman–Crippen LogP) is 5.59. The van der Waals surface area contributed by atoms with Crippen molar-refractivity contribution in [3.05, 3.63) is 24.6 Å². The monoisotopic (exact) mass is 320 g/mol.